The lowest BCUT2D eigenvalue weighted by molar-refractivity contribution is -0.154. The van der Waals surface area contributed by atoms with Crippen LogP contribution in [0.2, 0.25) is 0 Å². The molecule has 1 aromatic carbocycles. The third kappa shape index (κ3) is 7.69. The van der Waals surface area contributed by atoms with Gasteiger partial charge in [0.2, 0.25) is 6.79 Å². The maximum Gasteiger partial charge on any atom is 0.309 e. The average Bonchev–Trinajstić information content (AvgIpc) is 2.83. The van der Waals surface area contributed by atoms with Crippen molar-refractivity contribution in [2.45, 2.75) is 53.1 Å². The molecule has 0 radical (unpaired) electrons. The van der Waals surface area contributed by atoms with Gasteiger partial charge in [-0.1, -0.05) is 32.9 Å². The van der Waals surface area contributed by atoms with Crippen molar-refractivity contribution in [2.75, 3.05) is 21.0 Å². The third-order valence-corrected chi connectivity index (χ3v) is 5.74. The van der Waals surface area contributed by atoms with Crippen LogP contribution in [0.5, 0.6) is 17.2 Å². The Morgan fingerprint density at radius 3 is 2.17 bits per heavy atom. The normalized spacial score (nSPS) is 13.3. The SMILES string of the molecule is COc1ccc([C@H](C(C)C)[C@H](C)OC(=O)[C@H](C)CC(=O)c2nccc(OC)c2OCOC(C)=O)cc1. The minimum atomic E-state index is -0.724. The highest BCUT2D eigenvalue weighted by atomic mass is 16.7. The molecule has 0 fully saturated rings. The summed E-state index contributed by atoms with van der Waals surface area (Å²) in [5, 5.41) is 0. The van der Waals surface area contributed by atoms with Gasteiger partial charge in [-0.25, -0.2) is 4.98 Å². The van der Waals surface area contributed by atoms with Gasteiger partial charge in [-0.05, 0) is 30.5 Å². The number of hydrogen-bond donors (Lipinski definition) is 0. The van der Waals surface area contributed by atoms with E-state index < -0.39 is 36.5 Å². The number of methoxy groups -OCH3 is 2. The van der Waals surface area contributed by atoms with Crippen molar-refractivity contribution in [1.82, 2.24) is 4.98 Å². The number of pyridine rings is 1. The van der Waals surface area contributed by atoms with E-state index in [9.17, 15) is 14.4 Å². The molecule has 0 amide bonds. The summed E-state index contributed by atoms with van der Waals surface area (Å²) >= 11 is 0. The van der Waals surface area contributed by atoms with Gasteiger partial charge in [-0.2, -0.15) is 0 Å². The average molecular weight is 502 g/mol. The molecule has 0 unspecified atom stereocenters. The first-order valence-corrected chi connectivity index (χ1v) is 11.8. The first-order valence-electron chi connectivity index (χ1n) is 11.8. The molecule has 36 heavy (non-hydrogen) atoms. The Labute approximate surface area is 212 Å². The number of ether oxygens (including phenoxy) is 5. The molecule has 0 aliphatic carbocycles. The highest BCUT2D eigenvalue weighted by Gasteiger charge is 2.30. The second-order valence-electron chi connectivity index (χ2n) is 8.80. The van der Waals surface area contributed by atoms with Crippen LogP contribution in [0.25, 0.3) is 0 Å². The molecule has 1 heterocycles. The van der Waals surface area contributed by atoms with Gasteiger partial charge in [0.05, 0.1) is 20.1 Å². The predicted octanol–water partition coefficient (Wildman–Crippen LogP) is 4.58. The van der Waals surface area contributed by atoms with Gasteiger partial charge < -0.3 is 23.7 Å². The molecule has 2 rings (SSSR count). The van der Waals surface area contributed by atoms with E-state index >= 15 is 0 Å². The Morgan fingerprint density at radius 1 is 0.944 bits per heavy atom. The van der Waals surface area contributed by atoms with Gasteiger partial charge in [-0.15, -0.1) is 0 Å². The minimum Gasteiger partial charge on any atom is -0.497 e. The zero-order valence-corrected chi connectivity index (χ0v) is 21.9. The number of rotatable bonds is 13. The number of Topliss-reactive ketones (excluding diaryl/α,β-unsaturated/α-hetero) is 1. The molecule has 0 aliphatic rings. The van der Waals surface area contributed by atoms with Crippen LogP contribution in [0.3, 0.4) is 0 Å². The van der Waals surface area contributed by atoms with Gasteiger partial charge in [0.15, 0.2) is 23.0 Å². The molecule has 196 valence electrons. The zero-order valence-electron chi connectivity index (χ0n) is 21.9. The molecule has 9 nitrogen and oxygen atoms in total. The van der Waals surface area contributed by atoms with E-state index in [0.717, 1.165) is 11.3 Å². The Morgan fingerprint density at radius 2 is 1.61 bits per heavy atom. The van der Waals surface area contributed by atoms with Gasteiger partial charge in [0.25, 0.3) is 0 Å². The summed E-state index contributed by atoms with van der Waals surface area (Å²) in [5.74, 6) is -0.966. The number of carbonyl (C=O) groups is 3. The van der Waals surface area contributed by atoms with E-state index in [2.05, 4.69) is 18.8 Å². The summed E-state index contributed by atoms with van der Waals surface area (Å²) in [6.45, 7) is 8.45. The maximum absolute atomic E-state index is 13.0. The molecule has 0 aliphatic heterocycles. The first-order chi connectivity index (χ1) is 17.1. The minimum absolute atomic E-state index is 0.0208. The number of carbonyl (C=O) groups excluding carboxylic acids is 3. The van der Waals surface area contributed by atoms with Crippen LogP contribution in [0.4, 0.5) is 0 Å². The van der Waals surface area contributed by atoms with E-state index in [-0.39, 0.29) is 35.4 Å². The first kappa shape index (κ1) is 28.6. The van der Waals surface area contributed by atoms with Crippen LogP contribution in [0, 0.1) is 11.8 Å². The standard InChI is InChI=1S/C27H35NO8/c1-16(2)24(20-8-10-21(32-6)11-9-20)18(4)36-27(31)17(3)14-22(30)25-26(35-15-34-19(5)29)23(33-7)12-13-28-25/h8-13,16-18,24H,14-15H2,1-7H3/t17-,18+,24-/m1/s1. The van der Waals surface area contributed by atoms with Crippen molar-refractivity contribution in [3.63, 3.8) is 0 Å². The summed E-state index contributed by atoms with van der Waals surface area (Å²) in [6.07, 6.45) is 0.837. The van der Waals surface area contributed by atoms with Crippen LogP contribution in [0.1, 0.15) is 63.0 Å². The van der Waals surface area contributed by atoms with E-state index in [1.807, 2.05) is 31.2 Å². The Balaban J connectivity index is 2.11. The van der Waals surface area contributed by atoms with Crippen molar-refractivity contribution in [1.29, 1.82) is 0 Å². The monoisotopic (exact) mass is 501 g/mol. The number of hydrogen-bond acceptors (Lipinski definition) is 9. The molecule has 0 N–H and O–H groups in total. The third-order valence-electron chi connectivity index (χ3n) is 5.74. The molecule has 2 aromatic rings. The van der Waals surface area contributed by atoms with Crippen LogP contribution in [-0.2, 0) is 19.1 Å². The van der Waals surface area contributed by atoms with Gasteiger partial charge in [-0.3, -0.25) is 14.4 Å². The maximum atomic E-state index is 13.0. The number of ketones is 1. The second kappa shape index (κ2) is 13.5. The van der Waals surface area contributed by atoms with Crippen molar-refractivity contribution >= 4 is 17.7 Å². The Bertz CT molecular complexity index is 1030. The fraction of sp³-hybridized carbons (Fsp3) is 0.481. The molecule has 1 aromatic heterocycles. The lowest BCUT2D eigenvalue weighted by Crippen LogP contribution is -2.29. The fourth-order valence-electron chi connectivity index (χ4n) is 3.96. The summed E-state index contributed by atoms with van der Waals surface area (Å²) in [5.41, 5.74) is 1.01. The molecule has 0 bridgehead atoms. The van der Waals surface area contributed by atoms with Crippen LogP contribution >= 0.6 is 0 Å². The molecule has 9 heteroatoms. The molecule has 0 saturated heterocycles. The fourth-order valence-corrected chi connectivity index (χ4v) is 3.96. The predicted molar refractivity (Wildman–Crippen MR) is 132 cm³/mol. The summed E-state index contributed by atoms with van der Waals surface area (Å²) in [6, 6.07) is 9.20. The van der Waals surface area contributed by atoms with Crippen LogP contribution < -0.4 is 14.2 Å². The molecular weight excluding hydrogens is 466 g/mol. The summed E-state index contributed by atoms with van der Waals surface area (Å²) in [7, 11) is 3.02. The molecule has 0 saturated carbocycles. The number of benzene rings is 1. The summed E-state index contributed by atoms with van der Waals surface area (Å²) in [4.78, 5) is 41.1. The van der Waals surface area contributed by atoms with Crippen molar-refractivity contribution < 1.29 is 38.1 Å². The molecular formula is C27H35NO8. The van der Waals surface area contributed by atoms with E-state index in [1.165, 1.54) is 26.3 Å². The number of esters is 2. The van der Waals surface area contributed by atoms with Crippen molar-refractivity contribution in [3.8, 4) is 17.2 Å². The van der Waals surface area contributed by atoms with Gasteiger partial charge in [0, 0.05) is 31.5 Å². The van der Waals surface area contributed by atoms with Gasteiger partial charge in [0.1, 0.15) is 11.9 Å². The van der Waals surface area contributed by atoms with Crippen molar-refractivity contribution in [3.05, 3.63) is 47.8 Å². The molecule has 0 spiro atoms. The van der Waals surface area contributed by atoms with Crippen LogP contribution in [0.15, 0.2) is 36.5 Å². The highest BCUT2D eigenvalue weighted by molar-refractivity contribution is 5.99. The van der Waals surface area contributed by atoms with Crippen LogP contribution in [-0.4, -0.2) is 49.8 Å². The van der Waals surface area contributed by atoms with Gasteiger partial charge >= 0.3 is 11.9 Å². The zero-order chi connectivity index (χ0) is 26.8. The van der Waals surface area contributed by atoms with E-state index in [1.54, 1.807) is 14.0 Å². The second-order valence-corrected chi connectivity index (χ2v) is 8.80. The lowest BCUT2D eigenvalue weighted by Gasteiger charge is -2.29. The van der Waals surface area contributed by atoms with E-state index in [0.29, 0.717) is 0 Å². The van der Waals surface area contributed by atoms with Crippen molar-refractivity contribution in [2.24, 2.45) is 11.8 Å². The lowest BCUT2D eigenvalue weighted by atomic mass is 9.84. The Kier molecular flexibility index (Phi) is 10.7. The topological polar surface area (TPSA) is 110 Å². The van der Waals surface area contributed by atoms with E-state index in [4.69, 9.17) is 23.7 Å². The Hall–Kier alpha value is -3.62. The number of nitrogens with zero attached hydrogens (tertiary/aromatic N) is 1. The highest BCUT2D eigenvalue weighted by Crippen LogP contribution is 2.33. The quantitative estimate of drug-likeness (QED) is 0.221. The number of aromatic nitrogens is 1. The smallest absolute Gasteiger partial charge is 0.309 e. The molecule has 3 atom stereocenters. The summed E-state index contributed by atoms with van der Waals surface area (Å²) < 4.78 is 26.5. The largest absolute Gasteiger partial charge is 0.497 e.